The molecule has 5 rings (SSSR count). The van der Waals surface area contributed by atoms with Crippen LogP contribution in [0.5, 0.6) is 0 Å². The summed E-state index contributed by atoms with van der Waals surface area (Å²) in [6.45, 7) is -1.06. The van der Waals surface area contributed by atoms with Gasteiger partial charge in [-0.1, -0.05) is 0 Å². The Morgan fingerprint density at radius 3 is 2.22 bits per heavy atom. The number of nitrogens with one attached hydrogen (secondary N) is 1. The van der Waals surface area contributed by atoms with Crippen molar-refractivity contribution in [3.63, 3.8) is 0 Å². The highest BCUT2D eigenvalue weighted by Gasteiger charge is 2.54. The van der Waals surface area contributed by atoms with Crippen molar-refractivity contribution in [2.24, 2.45) is 0 Å². The second-order valence-electron chi connectivity index (χ2n) is 10.5. The number of alkyl halides is 6. The SMILES string of the molecule is CS(=O)(=O)C1(S(C)(=O)=O)CN(Cc2nc(Nc3ccc(C(F)(F)F)cc3)c3ncc(-c4ncccc4C(F)(F)F)cc3n2)CCO1. The summed E-state index contributed by atoms with van der Waals surface area (Å²) < 4.78 is 134. The van der Waals surface area contributed by atoms with Crippen LogP contribution in [0.2, 0.25) is 0 Å². The van der Waals surface area contributed by atoms with E-state index in [1.54, 1.807) is 0 Å². The summed E-state index contributed by atoms with van der Waals surface area (Å²) in [7, 11) is -8.63. The monoisotopic (exact) mass is 690 g/mol. The van der Waals surface area contributed by atoms with Gasteiger partial charge in [0.15, 0.2) is 25.5 Å². The predicted octanol–water partition coefficient (Wildman–Crippen LogP) is 4.44. The number of fused-ring (bicyclic) bond motifs is 1. The van der Waals surface area contributed by atoms with Crippen LogP contribution in [0.1, 0.15) is 17.0 Å². The van der Waals surface area contributed by atoms with Crippen LogP contribution in [-0.4, -0.2) is 78.1 Å². The van der Waals surface area contributed by atoms with E-state index in [4.69, 9.17) is 4.74 Å². The molecule has 1 N–H and O–H groups in total. The number of sulfone groups is 2. The largest absolute Gasteiger partial charge is 0.418 e. The van der Waals surface area contributed by atoms with Gasteiger partial charge in [0.05, 0.1) is 42.0 Å². The van der Waals surface area contributed by atoms with Crippen molar-refractivity contribution < 1.29 is 47.9 Å². The van der Waals surface area contributed by atoms with E-state index in [0.29, 0.717) is 0 Å². The van der Waals surface area contributed by atoms with Crippen LogP contribution in [0.15, 0.2) is 54.9 Å². The molecule has 0 aliphatic carbocycles. The Balaban J connectivity index is 1.60. The van der Waals surface area contributed by atoms with Gasteiger partial charge in [-0.05, 0) is 42.5 Å². The first-order valence-electron chi connectivity index (χ1n) is 13.2. The van der Waals surface area contributed by atoms with E-state index in [1.807, 2.05) is 0 Å². The maximum atomic E-state index is 13.7. The molecule has 1 aliphatic rings. The molecule has 0 atom stereocenters. The number of hydrogen-bond donors (Lipinski definition) is 1. The molecule has 1 saturated heterocycles. The Hall–Kier alpha value is -3.94. The van der Waals surface area contributed by atoms with Crippen LogP contribution in [0.4, 0.5) is 37.8 Å². The molecule has 0 amide bonds. The molecule has 246 valence electrons. The molecule has 1 aliphatic heterocycles. The standard InChI is InChI=1S/C27H24F6N6O5S2/c1-45(40,41)25(46(2,42)43)15-39(10-11-44-25)14-21-37-20-12-16(22-19(27(31,32)33)4-3-9-34-22)13-35-23(20)24(38-21)36-18-7-5-17(6-8-18)26(28,29)30/h3-9,12-13H,10-11,14-15H2,1-2H3,(H,36,37,38). The predicted molar refractivity (Wildman–Crippen MR) is 154 cm³/mol. The molecule has 46 heavy (non-hydrogen) atoms. The molecule has 1 aromatic carbocycles. The van der Waals surface area contributed by atoms with E-state index in [1.165, 1.54) is 17.2 Å². The maximum absolute atomic E-state index is 13.7. The zero-order chi connectivity index (χ0) is 33.7. The van der Waals surface area contributed by atoms with E-state index < -0.39 is 59.7 Å². The number of benzene rings is 1. The lowest BCUT2D eigenvalue weighted by molar-refractivity contribution is -0.138. The summed E-state index contributed by atoms with van der Waals surface area (Å²) in [6, 6.07) is 7.21. The van der Waals surface area contributed by atoms with Gasteiger partial charge in [0.1, 0.15) is 11.3 Å². The number of ether oxygens (including phenoxy) is 1. The third-order valence-electron chi connectivity index (χ3n) is 7.09. The molecule has 0 saturated carbocycles. The van der Waals surface area contributed by atoms with Gasteiger partial charge in [-0.25, -0.2) is 31.8 Å². The molecule has 19 heteroatoms. The minimum atomic E-state index is -4.74. The van der Waals surface area contributed by atoms with Crippen molar-refractivity contribution in [2.45, 2.75) is 23.2 Å². The highest BCUT2D eigenvalue weighted by molar-refractivity contribution is 8.09. The Kier molecular flexibility index (Phi) is 8.50. The molecular weight excluding hydrogens is 666 g/mol. The van der Waals surface area contributed by atoms with Crippen LogP contribution in [0.3, 0.4) is 0 Å². The van der Waals surface area contributed by atoms with E-state index in [2.05, 4.69) is 25.3 Å². The normalized spacial score (nSPS) is 16.4. The smallest absolute Gasteiger partial charge is 0.344 e. The lowest BCUT2D eigenvalue weighted by Crippen LogP contribution is -2.59. The molecule has 0 bridgehead atoms. The minimum absolute atomic E-state index is 0.0152. The maximum Gasteiger partial charge on any atom is 0.418 e. The van der Waals surface area contributed by atoms with Gasteiger partial charge < -0.3 is 10.1 Å². The number of nitrogens with zero attached hydrogens (tertiary/aromatic N) is 5. The fourth-order valence-corrected chi connectivity index (χ4v) is 8.51. The van der Waals surface area contributed by atoms with Gasteiger partial charge in [0, 0.05) is 42.7 Å². The highest BCUT2D eigenvalue weighted by atomic mass is 32.3. The van der Waals surface area contributed by atoms with E-state index in [0.717, 1.165) is 55.1 Å². The highest BCUT2D eigenvalue weighted by Crippen LogP contribution is 2.37. The van der Waals surface area contributed by atoms with Crippen molar-refractivity contribution in [1.29, 1.82) is 0 Å². The number of halogens is 6. The average Bonchev–Trinajstić information content (AvgIpc) is 2.95. The Morgan fingerprint density at radius 2 is 1.61 bits per heavy atom. The summed E-state index contributed by atoms with van der Waals surface area (Å²) in [5.74, 6) is -0.0650. The number of aromatic nitrogens is 4. The first-order valence-corrected chi connectivity index (χ1v) is 17.0. The fourth-order valence-electron chi connectivity index (χ4n) is 4.88. The minimum Gasteiger partial charge on any atom is -0.344 e. The number of rotatable bonds is 7. The lowest BCUT2D eigenvalue weighted by atomic mass is 10.1. The molecule has 0 unspecified atom stereocenters. The lowest BCUT2D eigenvalue weighted by Gasteiger charge is -2.39. The van der Waals surface area contributed by atoms with Gasteiger partial charge in [-0.3, -0.25) is 9.88 Å². The molecular formula is C27H24F6N6O5S2. The van der Waals surface area contributed by atoms with Crippen LogP contribution in [-0.2, 0) is 43.3 Å². The van der Waals surface area contributed by atoms with Gasteiger partial charge >= 0.3 is 12.4 Å². The molecule has 4 heterocycles. The summed E-state index contributed by atoms with van der Waals surface area (Å²) >= 11 is 0. The molecule has 0 radical (unpaired) electrons. The molecule has 4 aromatic rings. The van der Waals surface area contributed by atoms with Gasteiger partial charge in [-0.2, -0.15) is 26.3 Å². The second-order valence-corrected chi connectivity index (χ2v) is 15.1. The van der Waals surface area contributed by atoms with Crippen molar-refractivity contribution in [2.75, 3.05) is 37.5 Å². The number of pyridine rings is 2. The quantitative estimate of drug-likeness (QED) is 0.275. The molecule has 0 spiro atoms. The third kappa shape index (κ3) is 6.62. The van der Waals surface area contributed by atoms with Gasteiger partial charge in [0.25, 0.3) is 4.27 Å². The topological polar surface area (TPSA) is 144 Å². The molecule has 1 fully saturated rings. The number of anilines is 2. The van der Waals surface area contributed by atoms with Crippen LogP contribution >= 0.6 is 0 Å². The van der Waals surface area contributed by atoms with Crippen molar-refractivity contribution in [3.8, 4) is 11.3 Å². The first-order chi connectivity index (χ1) is 21.3. The Bertz CT molecular complexity index is 1970. The van der Waals surface area contributed by atoms with Crippen LogP contribution < -0.4 is 5.32 Å². The van der Waals surface area contributed by atoms with Gasteiger partial charge in [-0.15, -0.1) is 0 Å². The zero-order valence-electron chi connectivity index (χ0n) is 23.9. The van der Waals surface area contributed by atoms with E-state index in [9.17, 15) is 43.2 Å². The fraction of sp³-hybridized carbons (Fsp3) is 0.333. The van der Waals surface area contributed by atoms with E-state index >= 15 is 0 Å². The van der Waals surface area contributed by atoms with Crippen LogP contribution in [0, 0.1) is 0 Å². The molecule has 3 aromatic heterocycles. The average molecular weight is 691 g/mol. The van der Waals surface area contributed by atoms with Crippen LogP contribution in [0.25, 0.3) is 22.3 Å². The number of hydrogen-bond acceptors (Lipinski definition) is 11. The van der Waals surface area contributed by atoms with Crippen molar-refractivity contribution >= 4 is 42.2 Å². The summed E-state index contributed by atoms with van der Waals surface area (Å²) in [4.78, 5) is 18.4. The Labute approximate surface area is 258 Å². The number of morpholine rings is 1. The zero-order valence-corrected chi connectivity index (χ0v) is 25.5. The van der Waals surface area contributed by atoms with Crippen molar-refractivity contribution in [3.05, 3.63) is 71.8 Å². The summed E-state index contributed by atoms with van der Waals surface area (Å²) in [5.41, 5.74) is -2.20. The summed E-state index contributed by atoms with van der Waals surface area (Å²) in [5, 5.41) is 2.85. The second kappa shape index (κ2) is 11.7. The summed E-state index contributed by atoms with van der Waals surface area (Å²) in [6.07, 6.45) is -5.57. The van der Waals surface area contributed by atoms with Gasteiger partial charge in [0.2, 0.25) is 0 Å². The first kappa shape index (κ1) is 33.4. The third-order valence-corrected chi connectivity index (χ3v) is 11.7. The molecule has 11 nitrogen and oxygen atoms in total. The van der Waals surface area contributed by atoms with E-state index in [-0.39, 0.29) is 53.6 Å². The van der Waals surface area contributed by atoms with Crippen molar-refractivity contribution in [1.82, 2.24) is 24.8 Å². The Morgan fingerprint density at radius 1 is 0.935 bits per heavy atom.